The second-order valence-electron chi connectivity index (χ2n) is 5.39. The van der Waals surface area contributed by atoms with Crippen molar-refractivity contribution in [3.8, 4) is 0 Å². The molecule has 0 spiro atoms. The molecule has 3 unspecified atom stereocenters. The van der Waals surface area contributed by atoms with Crippen LogP contribution >= 0.6 is 0 Å². The fourth-order valence-electron chi connectivity index (χ4n) is 3.64. The maximum absolute atomic E-state index is 12.2. The zero-order valence-electron chi connectivity index (χ0n) is 10.1. The molecule has 1 amide bonds. The van der Waals surface area contributed by atoms with Crippen LogP contribution in [-0.4, -0.2) is 5.91 Å². The van der Waals surface area contributed by atoms with Gasteiger partial charge in [0.15, 0.2) is 0 Å². The summed E-state index contributed by atoms with van der Waals surface area (Å²) in [5.41, 5.74) is 0.930. The van der Waals surface area contributed by atoms with Gasteiger partial charge in [0.1, 0.15) is 0 Å². The summed E-state index contributed by atoms with van der Waals surface area (Å²) in [5, 5.41) is 3.06. The van der Waals surface area contributed by atoms with E-state index >= 15 is 0 Å². The van der Waals surface area contributed by atoms with Gasteiger partial charge in [-0.25, -0.2) is 0 Å². The summed E-state index contributed by atoms with van der Waals surface area (Å²) in [5.74, 6) is 2.01. The van der Waals surface area contributed by atoms with Crippen LogP contribution in [0.5, 0.6) is 0 Å². The van der Waals surface area contributed by atoms with Crippen LogP contribution in [0.1, 0.15) is 32.1 Å². The quantitative estimate of drug-likeness (QED) is 0.826. The summed E-state index contributed by atoms with van der Waals surface area (Å²) >= 11 is 0. The van der Waals surface area contributed by atoms with E-state index in [0.717, 1.165) is 18.0 Å². The van der Waals surface area contributed by atoms with Crippen molar-refractivity contribution in [1.82, 2.24) is 0 Å². The number of anilines is 1. The molecule has 3 rings (SSSR count). The topological polar surface area (TPSA) is 29.1 Å². The minimum atomic E-state index is 0.241. The molecule has 2 fully saturated rings. The van der Waals surface area contributed by atoms with Crippen LogP contribution in [0.15, 0.2) is 30.3 Å². The minimum Gasteiger partial charge on any atom is -0.326 e. The van der Waals surface area contributed by atoms with Gasteiger partial charge in [0.2, 0.25) is 5.91 Å². The number of amides is 1. The van der Waals surface area contributed by atoms with Crippen LogP contribution in [-0.2, 0) is 4.79 Å². The van der Waals surface area contributed by atoms with Gasteiger partial charge in [0, 0.05) is 11.6 Å². The van der Waals surface area contributed by atoms with Gasteiger partial charge in [-0.15, -0.1) is 0 Å². The van der Waals surface area contributed by atoms with Crippen molar-refractivity contribution in [2.45, 2.75) is 32.1 Å². The van der Waals surface area contributed by atoms with Gasteiger partial charge < -0.3 is 5.32 Å². The molecule has 2 aliphatic carbocycles. The van der Waals surface area contributed by atoms with Crippen LogP contribution in [0.4, 0.5) is 5.69 Å². The first kappa shape index (κ1) is 10.8. The largest absolute Gasteiger partial charge is 0.326 e. The number of rotatable bonds is 2. The molecule has 17 heavy (non-hydrogen) atoms. The fourth-order valence-corrected chi connectivity index (χ4v) is 3.64. The van der Waals surface area contributed by atoms with Gasteiger partial charge in [0.05, 0.1) is 0 Å². The first-order valence-electron chi connectivity index (χ1n) is 6.70. The average molecular weight is 229 g/mol. The Hall–Kier alpha value is -1.31. The van der Waals surface area contributed by atoms with Gasteiger partial charge in [0.25, 0.3) is 0 Å². The van der Waals surface area contributed by atoms with Crippen molar-refractivity contribution in [2.24, 2.45) is 17.8 Å². The first-order valence-corrected chi connectivity index (χ1v) is 6.70. The van der Waals surface area contributed by atoms with Crippen LogP contribution in [0, 0.1) is 17.8 Å². The van der Waals surface area contributed by atoms with Crippen molar-refractivity contribution < 1.29 is 4.79 Å². The molecule has 0 bridgehead atoms. The predicted octanol–water partition coefficient (Wildman–Crippen LogP) is 3.45. The summed E-state index contributed by atoms with van der Waals surface area (Å²) in [7, 11) is 0. The third-order valence-electron chi connectivity index (χ3n) is 4.46. The molecule has 0 saturated heterocycles. The Morgan fingerprint density at radius 2 is 1.88 bits per heavy atom. The number of carbonyl (C=O) groups is 1. The second-order valence-corrected chi connectivity index (χ2v) is 5.39. The van der Waals surface area contributed by atoms with Crippen molar-refractivity contribution in [2.75, 3.05) is 5.32 Å². The molecule has 1 N–H and O–H groups in total. The van der Waals surface area contributed by atoms with Crippen molar-refractivity contribution in [1.29, 1.82) is 0 Å². The number of fused-ring (bicyclic) bond motifs is 1. The number of carbonyl (C=O) groups excluding carboxylic acids is 1. The zero-order valence-corrected chi connectivity index (χ0v) is 10.1. The Kier molecular flexibility index (Phi) is 2.87. The van der Waals surface area contributed by atoms with Gasteiger partial charge in [-0.05, 0) is 43.2 Å². The average Bonchev–Trinajstić information content (AvgIpc) is 2.91. The number of nitrogens with one attached hydrogen (secondary N) is 1. The molecule has 0 heterocycles. The fraction of sp³-hybridized carbons (Fsp3) is 0.533. The molecule has 2 heteroatoms. The van der Waals surface area contributed by atoms with Crippen molar-refractivity contribution in [3.63, 3.8) is 0 Å². The van der Waals surface area contributed by atoms with Crippen molar-refractivity contribution >= 4 is 11.6 Å². The van der Waals surface area contributed by atoms with E-state index in [2.05, 4.69) is 5.32 Å². The molecule has 2 aliphatic rings. The first-order chi connectivity index (χ1) is 8.34. The molecule has 90 valence electrons. The van der Waals surface area contributed by atoms with E-state index in [9.17, 15) is 4.79 Å². The third-order valence-corrected chi connectivity index (χ3v) is 4.46. The smallest absolute Gasteiger partial charge is 0.227 e. The summed E-state index contributed by atoms with van der Waals surface area (Å²) in [6, 6.07) is 9.81. The number of hydrogen-bond acceptors (Lipinski definition) is 1. The highest BCUT2D eigenvalue weighted by atomic mass is 16.1. The SMILES string of the molecule is O=C(Nc1ccccc1)C1CCC2CCCC21. The van der Waals surface area contributed by atoms with Gasteiger partial charge >= 0.3 is 0 Å². The number of para-hydroxylation sites is 1. The lowest BCUT2D eigenvalue weighted by Crippen LogP contribution is -2.26. The van der Waals surface area contributed by atoms with Gasteiger partial charge in [-0.3, -0.25) is 4.79 Å². The van der Waals surface area contributed by atoms with E-state index < -0.39 is 0 Å². The van der Waals surface area contributed by atoms with Crippen LogP contribution in [0.25, 0.3) is 0 Å². The zero-order chi connectivity index (χ0) is 11.7. The highest BCUT2D eigenvalue weighted by molar-refractivity contribution is 5.92. The second kappa shape index (κ2) is 4.52. The summed E-state index contributed by atoms with van der Waals surface area (Å²) in [6.07, 6.45) is 6.29. The van der Waals surface area contributed by atoms with Crippen LogP contribution in [0.2, 0.25) is 0 Å². The predicted molar refractivity (Wildman–Crippen MR) is 68.6 cm³/mol. The molecule has 2 nitrogen and oxygen atoms in total. The Bertz CT molecular complexity index is 401. The molecule has 0 aromatic heterocycles. The van der Waals surface area contributed by atoms with Gasteiger partial charge in [-0.2, -0.15) is 0 Å². The molecule has 2 saturated carbocycles. The lowest BCUT2D eigenvalue weighted by atomic mass is 9.91. The Balaban J connectivity index is 1.67. The monoisotopic (exact) mass is 229 g/mol. The normalized spacial score (nSPS) is 31.2. The van der Waals surface area contributed by atoms with E-state index in [-0.39, 0.29) is 11.8 Å². The Morgan fingerprint density at radius 1 is 1.06 bits per heavy atom. The Morgan fingerprint density at radius 3 is 2.71 bits per heavy atom. The molecule has 0 radical (unpaired) electrons. The molecular formula is C15H19NO. The highest BCUT2D eigenvalue weighted by Gasteiger charge is 2.42. The lowest BCUT2D eigenvalue weighted by molar-refractivity contribution is -0.121. The number of benzene rings is 1. The van der Waals surface area contributed by atoms with E-state index in [1.807, 2.05) is 30.3 Å². The van der Waals surface area contributed by atoms with Crippen molar-refractivity contribution in [3.05, 3.63) is 30.3 Å². The van der Waals surface area contributed by atoms with E-state index in [1.165, 1.54) is 25.7 Å². The third kappa shape index (κ3) is 2.08. The lowest BCUT2D eigenvalue weighted by Gasteiger charge is -2.17. The van der Waals surface area contributed by atoms with E-state index in [4.69, 9.17) is 0 Å². The highest BCUT2D eigenvalue weighted by Crippen LogP contribution is 2.47. The molecule has 3 atom stereocenters. The number of hydrogen-bond donors (Lipinski definition) is 1. The van der Waals surface area contributed by atoms with E-state index in [1.54, 1.807) is 0 Å². The standard InChI is InChI=1S/C15H19NO/c17-15(16-12-6-2-1-3-7-12)14-10-9-11-5-4-8-13(11)14/h1-3,6-7,11,13-14H,4-5,8-10H2,(H,16,17). The maximum Gasteiger partial charge on any atom is 0.227 e. The maximum atomic E-state index is 12.2. The summed E-state index contributed by atoms with van der Waals surface area (Å²) in [6.45, 7) is 0. The summed E-state index contributed by atoms with van der Waals surface area (Å²) in [4.78, 5) is 12.2. The van der Waals surface area contributed by atoms with Crippen LogP contribution in [0.3, 0.4) is 0 Å². The Labute approximate surface area is 102 Å². The summed E-state index contributed by atoms with van der Waals surface area (Å²) < 4.78 is 0. The van der Waals surface area contributed by atoms with Gasteiger partial charge in [-0.1, -0.05) is 31.0 Å². The van der Waals surface area contributed by atoms with Crippen LogP contribution < -0.4 is 5.32 Å². The van der Waals surface area contributed by atoms with E-state index in [0.29, 0.717) is 5.92 Å². The molecule has 1 aromatic carbocycles. The molecule has 1 aromatic rings. The molecular weight excluding hydrogens is 210 g/mol. The minimum absolute atomic E-state index is 0.241. The molecule has 0 aliphatic heterocycles.